The molecular weight excluding hydrogens is 275 g/mol. The molecule has 0 aliphatic carbocycles. The number of benzene rings is 1. The highest BCUT2D eigenvalue weighted by Gasteiger charge is 2.22. The Morgan fingerprint density at radius 3 is 2.60 bits per heavy atom. The quantitative estimate of drug-likeness (QED) is 0.732. The smallest absolute Gasteiger partial charge is 0.344 e. The molecule has 1 heterocycles. The van der Waals surface area contributed by atoms with E-state index < -0.39 is 7.60 Å². The number of nitrogens with one attached hydrogen (secondary N) is 2. The fourth-order valence-corrected chi connectivity index (χ4v) is 3.56. The van der Waals surface area contributed by atoms with Gasteiger partial charge < -0.3 is 19.3 Å². The van der Waals surface area contributed by atoms with Gasteiger partial charge in [0.15, 0.2) is 0 Å². The summed E-state index contributed by atoms with van der Waals surface area (Å²) >= 11 is 0. The molecule has 0 unspecified atom stereocenters. The summed E-state index contributed by atoms with van der Waals surface area (Å²) in [6, 6.07) is 8.09. The third-order valence-corrected chi connectivity index (χ3v) is 4.86. The summed E-state index contributed by atoms with van der Waals surface area (Å²) in [5.41, 5.74) is 2.24. The standard InChI is InChI=1S/C14H21N2O3P/c1-3-18-20(17,19-4-2)11-15-9-12-10-16-14-8-6-5-7-13(12)14/h5-8,10,15-16H,3-4,9,11H2,1-2H3. The Balaban J connectivity index is 1.96. The molecule has 0 bridgehead atoms. The van der Waals surface area contributed by atoms with Crippen molar-refractivity contribution < 1.29 is 13.6 Å². The van der Waals surface area contributed by atoms with E-state index in [1.807, 2.05) is 38.2 Å². The molecule has 2 aromatic rings. The Morgan fingerprint density at radius 2 is 1.90 bits per heavy atom. The summed E-state index contributed by atoms with van der Waals surface area (Å²) in [7, 11) is -3.02. The first-order chi connectivity index (χ1) is 9.68. The van der Waals surface area contributed by atoms with Crippen molar-refractivity contribution in [3.8, 4) is 0 Å². The van der Waals surface area contributed by atoms with E-state index >= 15 is 0 Å². The predicted octanol–water partition coefficient (Wildman–Crippen LogP) is 3.48. The van der Waals surface area contributed by atoms with Gasteiger partial charge in [0.25, 0.3) is 0 Å². The molecule has 20 heavy (non-hydrogen) atoms. The van der Waals surface area contributed by atoms with E-state index in [0.29, 0.717) is 19.8 Å². The van der Waals surface area contributed by atoms with Crippen molar-refractivity contribution in [1.82, 2.24) is 10.3 Å². The van der Waals surface area contributed by atoms with Gasteiger partial charge in [0.1, 0.15) is 0 Å². The molecule has 0 amide bonds. The van der Waals surface area contributed by atoms with Crippen molar-refractivity contribution in [2.75, 3.05) is 19.5 Å². The van der Waals surface area contributed by atoms with Gasteiger partial charge in [0.05, 0.1) is 19.5 Å². The highest BCUT2D eigenvalue weighted by molar-refractivity contribution is 7.53. The van der Waals surface area contributed by atoms with Crippen LogP contribution in [-0.2, 0) is 20.2 Å². The van der Waals surface area contributed by atoms with E-state index in [4.69, 9.17) is 9.05 Å². The normalized spacial score (nSPS) is 12.1. The summed E-state index contributed by atoms with van der Waals surface area (Å²) in [6.07, 6.45) is 2.18. The molecule has 1 aromatic carbocycles. The summed E-state index contributed by atoms with van der Waals surface area (Å²) in [6.45, 7) is 5.00. The molecule has 0 radical (unpaired) electrons. The van der Waals surface area contributed by atoms with E-state index in [2.05, 4.69) is 16.4 Å². The first-order valence-corrected chi connectivity index (χ1v) is 8.55. The van der Waals surface area contributed by atoms with Gasteiger partial charge in [-0.1, -0.05) is 18.2 Å². The van der Waals surface area contributed by atoms with Crippen LogP contribution in [-0.4, -0.2) is 24.5 Å². The number of para-hydroxylation sites is 1. The lowest BCUT2D eigenvalue weighted by molar-refractivity contribution is 0.218. The largest absolute Gasteiger partial charge is 0.361 e. The van der Waals surface area contributed by atoms with Crippen molar-refractivity contribution in [1.29, 1.82) is 0 Å². The zero-order valence-corrected chi connectivity index (χ0v) is 12.8. The van der Waals surface area contributed by atoms with E-state index in [0.717, 1.165) is 11.1 Å². The lowest BCUT2D eigenvalue weighted by Crippen LogP contribution is -2.17. The first-order valence-electron chi connectivity index (χ1n) is 6.82. The molecule has 0 aliphatic rings. The van der Waals surface area contributed by atoms with Crippen LogP contribution >= 0.6 is 7.60 Å². The first kappa shape index (κ1) is 15.3. The van der Waals surface area contributed by atoms with Gasteiger partial charge in [0.2, 0.25) is 0 Å². The highest BCUT2D eigenvalue weighted by Crippen LogP contribution is 2.46. The van der Waals surface area contributed by atoms with Gasteiger partial charge in [-0.25, -0.2) is 0 Å². The Morgan fingerprint density at radius 1 is 1.20 bits per heavy atom. The molecule has 1 aromatic heterocycles. The third kappa shape index (κ3) is 3.70. The van der Waals surface area contributed by atoms with E-state index in [1.54, 1.807) is 0 Å². The van der Waals surface area contributed by atoms with Gasteiger partial charge >= 0.3 is 7.60 Å². The average molecular weight is 296 g/mol. The number of fused-ring (bicyclic) bond motifs is 1. The zero-order valence-electron chi connectivity index (χ0n) is 11.9. The topological polar surface area (TPSA) is 63.3 Å². The van der Waals surface area contributed by atoms with E-state index in [9.17, 15) is 4.57 Å². The van der Waals surface area contributed by atoms with Crippen LogP contribution in [0.5, 0.6) is 0 Å². The number of hydrogen-bond donors (Lipinski definition) is 2. The maximum absolute atomic E-state index is 12.3. The Bertz CT molecular complexity index is 587. The number of rotatable bonds is 8. The zero-order chi connectivity index (χ0) is 14.4. The molecule has 0 saturated carbocycles. The molecule has 5 nitrogen and oxygen atoms in total. The molecule has 6 heteroatoms. The van der Waals surface area contributed by atoms with Gasteiger partial charge in [-0.05, 0) is 25.5 Å². The van der Waals surface area contributed by atoms with Crippen molar-refractivity contribution >= 4 is 18.5 Å². The van der Waals surface area contributed by atoms with Gasteiger partial charge in [0, 0.05) is 23.6 Å². The second-order valence-corrected chi connectivity index (χ2v) is 6.45. The van der Waals surface area contributed by atoms with Crippen molar-refractivity contribution in [2.24, 2.45) is 0 Å². The number of H-pyrrole nitrogens is 1. The van der Waals surface area contributed by atoms with Crippen molar-refractivity contribution in [3.05, 3.63) is 36.0 Å². The molecule has 2 N–H and O–H groups in total. The van der Waals surface area contributed by atoms with Crippen LogP contribution in [0, 0.1) is 0 Å². The minimum atomic E-state index is -3.02. The monoisotopic (exact) mass is 296 g/mol. The maximum atomic E-state index is 12.3. The average Bonchev–Trinajstić information content (AvgIpc) is 2.83. The third-order valence-electron chi connectivity index (χ3n) is 2.95. The molecule has 0 atom stereocenters. The lowest BCUT2D eigenvalue weighted by Gasteiger charge is -2.17. The SMILES string of the molecule is CCOP(=O)(CNCc1c[nH]c2ccccc12)OCC. The second-order valence-electron chi connectivity index (χ2n) is 4.39. The fraction of sp³-hybridized carbons (Fsp3) is 0.429. The van der Waals surface area contributed by atoms with Gasteiger partial charge in [-0.3, -0.25) is 4.57 Å². The number of aromatic amines is 1. The van der Waals surface area contributed by atoms with Crippen LogP contribution in [0.4, 0.5) is 0 Å². The lowest BCUT2D eigenvalue weighted by atomic mass is 10.2. The van der Waals surface area contributed by atoms with Crippen molar-refractivity contribution in [2.45, 2.75) is 20.4 Å². The van der Waals surface area contributed by atoms with Crippen LogP contribution < -0.4 is 5.32 Å². The minimum absolute atomic E-state index is 0.216. The molecule has 0 fully saturated rings. The van der Waals surface area contributed by atoms with Crippen LogP contribution in [0.25, 0.3) is 10.9 Å². The Kier molecular flexibility index (Phi) is 5.38. The van der Waals surface area contributed by atoms with E-state index in [-0.39, 0.29) is 6.29 Å². The fourth-order valence-electron chi connectivity index (χ4n) is 2.13. The molecular formula is C14H21N2O3P. The minimum Gasteiger partial charge on any atom is -0.361 e. The van der Waals surface area contributed by atoms with Gasteiger partial charge in [-0.2, -0.15) is 0 Å². The molecule has 0 aliphatic heterocycles. The predicted molar refractivity (Wildman–Crippen MR) is 80.9 cm³/mol. The Hall–Kier alpha value is -1.13. The number of hydrogen-bond acceptors (Lipinski definition) is 4. The van der Waals surface area contributed by atoms with E-state index in [1.165, 1.54) is 5.39 Å². The molecule has 2 rings (SSSR count). The maximum Gasteiger partial charge on any atom is 0.344 e. The summed E-state index contributed by atoms with van der Waals surface area (Å²) < 4.78 is 22.8. The van der Waals surface area contributed by atoms with Crippen LogP contribution in [0.1, 0.15) is 19.4 Å². The summed E-state index contributed by atoms with van der Waals surface area (Å²) in [4.78, 5) is 3.21. The van der Waals surface area contributed by atoms with Crippen LogP contribution in [0.2, 0.25) is 0 Å². The number of aromatic nitrogens is 1. The molecule has 0 spiro atoms. The highest BCUT2D eigenvalue weighted by atomic mass is 31.2. The van der Waals surface area contributed by atoms with Gasteiger partial charge in [-0.15, -0.1) is 0 Å². The van der Waals surface area contributed by atoms with Crippen LogP contribution in [0.15, 0.2) is 30.5 Å². The summed E-state index contributed by atoms with van der Waals surface area (Å²) in [5.74, 6) is 0. The Labute approximate surface area is 119 Å². The summed E-state index contributed by atoms with van der Waals surface area (Å²) in [5, 5.41) is 4.33. The molecule has 0 saturated heterocycles. The molecule has 110 valence electrons. The van der Waals surface area contributed by atoms with Crippen molar-refractivity contribution in [3.63, 3.8) is 0 Å². The van der Waals surface area contributed by atoms with Crippen LogP contribution in [0.3, 0.4) is 0 Å². The second kappa shape index (κ2) is 7.04.